The third kappa shape index (κ3) is 3.48. The highest BCUT2D eigenvalue weighted by Crippen LogP contribution is 2.23. The monoisotopic (exact) mass is 354 g/mol. The molecule has 2 unspecified atom stereocenters. The van der Waals surface area contributed by atoms with Crippen LogP contribution in [0.4, 0.5) is 5.69 Å². The number of ketones is 1. The first-order valence-corrected chi connectivity index (χ1v) is 9.38. The lowest BCUT2D eigenvalue weighted by molar-refractivity contribution is -0.118. The Labute approximate surface area is 154 Å². The molecule has 2 aliphatic heterocycles. The summed E-state index contributed by atoms with van der Waals surface area (Å²) in [6.45, 7) is 7.30. The van der Waals surface area contributed by atoms with Crippen molar-refractivity contribution in [3.05, 3.63) is 48.2 Å². The van der Waals surface area contributed by atoms with Crippen molar-refractivity contribution in [2.75, 3.05) is 44.2 Å². The maximum atomic E-state index is 11.9. The number of nitrogens with one attached hydrogen (secondary N) is 2. The van der Waals surface area contributed by atoms with Crippen LogP contribution in [0.3, 0.4) is 0 Å². The van der Waals surface area contributed by atoms with Crippen molar-refractivity contribution in [1.82, 2.24) is 15.5 Å². The number of hydrogen-bond donors (Lipinski definition) is 2. The number of benzene rings is 1. The molecule has 2 N–H and O–H groups in total. The predicted octanol–water partition coefficient (Wildman–Crippen LogP) is 1.32. The van der Waals surface area contributed by atoms with Gasteiger partial charge in [0.25, 0.3) is 0 Å². The Morgan fingerprint density at radius 1 is 1.15 bits per heavy atom. The molecule has 0 radical (unpaired) electrons. The van der Waals surface area contributed by atoms with Gasteiger partial charge in [-0.25, -0.2) is 0 Å². The number of hydrogen-bond acceptors (Lipinski definition) is 6. The summed E-state index contributed by atoms with van der Waals surface area (Å²) in [6, 6.07) is 8.34. The average molecular weight is 354 g/mol. The fourth-order valence-corrected chi connectivity index (χ4v) is 3.81. The van der Waals surface area contributed by atoms with Crippen LogP contribution in [0.2, 0.25) is 0 Å². The Balaban J connectivity index is 1.33. The van der Waals surface area contributed by atoms with Gasteiger partial charge in [-0.15, -0.1) is 0 Å². The van der Waals surface area contributed by atoms with E-state index in [2.05, 4.69) is 32.6 Å². The van der Waals surface area contributed by atoms with Crippen LogP contribution in [0.15, 0.2) is 48.2 Å². The van der Waals surface area contributed by atoms with Gasteiger partial charge in [-0.2, -0.15) is 0 Å². The van der Waals surface area contributed by atoms with Gasteiger partial charge in [-0.1, -0.05) is 6.08 Å². The SMILES string of the molecule is CCOc1ccc(N2CCN(C3NCC4C(=O)C=CC=C4N3)CC2)cc1. The molecule has 1 aromatic rings. The highest BCUT2D eigenvalue weighted by atomic mass is 16.5. The second-order valence-electron chi connectivity index (χ2n) is 6.84. The Hall–Kier alpha value is -2.31. The van der Waals surface area contributed by atoms with Crippen molar-refractivity contribution in [2.45, 2.75) is 13.2 Å². The van der Waals surface area contributed by atoms with Gasteiger partial charge in [-0.3, -0.25) is 15.0 Å². The summed E-state index contributed by atoms with van der Waals surface area (Å²) in [5.41, 5.74) is 2.28. The van der Waals surface area contributed by atoms with Crippen molar-refractivity contribution in [2.24, 2.45) is 5.92 Å². The molecule has 4 rings (SSSR count). The molecule has 3 aliphatic rings. The third-order valence-corrected chi connectivity index (χ3v) is 5.27. The summed E-state index contributed by atoms with van der Waals surface area (Å²) < 4.78 is 5.52. The van der Waals surface area contributed by atoms with E-state index in [0.717, 1.165) is 37.6 Å². The van der Waals surface area contributed by atoms with E-state index in [-0.39, 0.29) is 18.0 Å². The molecule has 1 aliphatic carbocycles. The van der Waals surface area contributed by atoms with E-state index in [0.29, 0.717) is 13.2 Å². The highest BCUT2D eigenvalue weighted by molar-refractivity contribution is 5.95. The molecule has 2 heterocycles. The molecule has 2 saturated heterocycles. The summed E-state index contributed by atoms with van der Waals surface area (Å²) in [4.78, 5) is 16.8. The Morgan fingerprint density at radius 3 is 2.65 bits per heavy atom. The van der Waals surface area contributed by atoms with Crippen LogP contribution in [0.1, 0.15) is 6.92 Å². The molecule has 0 aromatic heterocycles. The molecule has 2 fully saturated rings. The molecule has 6 heteroatoms. The summed E-state index contributed by atoms with van der Waals surface area (Å²) in [6.07, 6.45) is 5.62. The molecule has 138 valence electrons. The molecule has 6 nitrogen and oxygen atoms in total. The lowest BCUT2D eigenvalue weighted by Crippen LogP contribution is -2.64. The minimum atomic E-state index is -0.0543. The number of fused-ring (bicyclic) bond motifs is 1. The first kappa shape index (κ1) is 17.1. The highest BCUT2D eigenvalue weighted by Gasteiger charge is 2.33. The first-order chi connectivity index (χ1) is 12.7. The van der Waals surface area contributed by atoms with E-state index >= 15 is 0 Å². The molecule has 0 bridgehead atoms. The zero-order chi connectivity index (χ0) is 17.9. The summed E-state index contributed by atoms with van der Waals surface area (Å²) in [5, 5.41) is 6.98. The van der Waals surface area contributed by atoms with E-state index in [1.54, 1.807) is 6.08 Å². The maximum absolute atomic E-state index is 11.9. The fourth-order valence-electron chi connectivity index (χ4n) is 3.81. The van der Waals surface area contributed by atoms with Gasteiger partial charge in [0.15, 0.2) is 5.78 Å². The van der Waals surface area contributed by atoms with E-state index < -0.39 is 0 Å². The Morgan fingerprint density at radius 2 is 1.92 bits per heavy atom. The maximum Gasteiger partial charge on any atom is 0.165 e. The lowest BCUT2D eigenvalue weighted by Gasteiger charge is -2.44. The van der Waals surface area contributed by atoms with Crippen molar-refractivity contribution < 1.29 is 9.53 Å². The van der Waals surface area contributed by atoms with Crippen LogP contribution in [-0.4, -0.2) is 56.3 Å². The van der Waals surface area contributed by atoms with Gasteiger partial charge in [-0.05, 0) is 43.3 Å². The quantitative estimate of drug-likeness (QED) is 0.851. The second kappa shape index (κ2) is 7.51. The number of nitrogens with zero attached hydrogens (tertiary/aromatic N) is 2. The molecular weight excluding hydrogens is 328 g/mol. The molecular formula is C20H26N4O2. The van der Waals surface area contributed by atoms with Gasteiger partial charge in [0.1, 0.15) is 12.0 Å². The number of ether oxygens (including phenoxy) is 1. The zero-order valence-corrected chi connectivity index (χ0v) is 15.1. The van der Waals surface area contributed by atoms with E-state index in [9.17, 15) is 4.79 Å². The molecule has 2 atom stereocenters. The van der Waals surface area contributed by atoms with Gasteiger partial charge in [0, 0.05) is 44.1 Å². The van der Waals surface area contributed by atoms with Gasteiger partial charge >= 0.3 is 0 Å². The lowest BCUT2D eigenvalue weighted by atomic mass is 9.93. The number of anilines is 1. The fraction of sp³-hybridized carbons (Fsp3) is 0.450. The number of piperazine rings is 1. The van der Waals surface area contributed by atoms with Crippen molar-refractivity contribution in [3.8, 4) is 5.75 Å². The van der Waals surface area contributed by atoms with Crippen LogP contribution in [0, 0.1) is 5.92 Å². The van der Waals surface area contributed by atoms with Crippen LogP contribution in [-0.2, 0) is 4.79 Å². The van der Waals surface area contributed by atoms with Gasteiger partial charge in [0.05, 0.1) is 12.5 Å². The van der Waals surface area contributed by atoms with Crippen LogP contribution >= 0.6 is 0 Å². The van der Waals surface area contributed by atoms with Gasteiger partial charge in [0.2, 0.25) is 0 Å². The van der Waals surface area contributed by atoms with E-state index in [1.807, 2.05) is 31.2 Å². The number of rotatable bonds is 4. The van der Waals surface area contributed by atoms with Crippen molar-refractivity contribution in [3.63, 3.8) is 0 Å². The second-order valence-corrected chi connectivity index (χ2v) is 6.84. The Bertz CT molecular complexity index is 705. The molecule has 1 aromatic carbocycles. The minimum absolute atomic E-state index is 0.0543. The average Bonchev–Trinajstić information content (AvgIpc) is 2.69. The number of carbonyl (C=O) groups excluding carboxylic acids is 1. The number of allylic oxidation sites excluding steroid dienone is 3. The van der Waals surface area contributed by atoms with Crippen LogP contribution < -0.4 is 20.3 Å². The molecule has 0 spiro atoms. The van der Waals surface area contributed by atoms with E-state index in [1.165, 1.54) is 5.69 Å². The summed E-state index contributed by atoms with van der Waals surface area (Å²) in [5.74, 6) is 1.05. The van der Waals surface area contributed by atoms with Crippen LogP contribution in [0.25, 0.3) is 0 Å². The summed E-state index contributed by atoms with van der Waals surface area (Å²) in [7, 11) is 0. The largest absolute Gasteiger partial charge is 0.494 e. The van der Waals surface area contributed by atoms with Crippen molar-refractivity contribution >= 4 is 11.5 Å². The van der Waals surface area contributed by atoms with Crippen molar-refractivity contribution in [1.29, 1.82) is 0 Å². The number of carbonyl (C=O) groups is 1. The third-order valence-electron chi connectivity index (χ3n) is 5.27. The zero-order valence-electron chi connectivity index (χ0n) is 15.1. The minimum Gasteiger partial charge on any atom is -0.494 e. The smallest absolute Gasteiger partial charge is 0.165 e. The predicted molar refractivity (Wildman–Crippen MR) is 102 cm³/mol. The van der Waals surface area contributed by atoms with Gasteiger partial charge < -0.3 is 15.0 Å². The summed E-state index contributed by atoms with van der Waals surface area (Å²) >= 11 is 0. The molecule has 26 heavy (non-hydrogen) atoms. The first-order valence-electron chi connectivity index (χ1n) is 9.38. The molecule has 0 amide bonds. The van der Waals surface area contributed by atoms with Crippen LogP contribution in [0.5, 0.6) is 5.75 Å². The standard InChI is InChI=1S/C20H26N4O2/c1-2-26-16-8-6-15(7-9-16)23-10-12-24(13-11-23)20-21-14-17-18(22-20)4-3-5-19(17)25/h3-9,17,20-22H,2,10-14H2,1H3. The normalized spacial score (nSPS) is 26.1. The molecule has 0 saturated carbocycles. The Kier molecular flexibility index (Phi) is 4.95. The topological polar surface area (TPSA) is 56.8 Å². The van der Waals surface area contributed by atoms with E-state index in [4.69, 9.17) is 4.74 Å².